The van der Waals surface area contributed by atoms with Gasteiger partial charge in [-0.25, -0.2) is 0 Å². The number of benzene rings is 2. The van der Waals surface area contributed by atoms with E-state index in [-0.39, 0.29) is 5.91 Å². The van der Waals surface area contributed by atoms with Crippen molar-refractivity contribution in [3.8, 4) is 11.5 Å². The summed E-state index contributed by atoms with van der Waals surface area (Å²) in [5.41, 5.74) is 1.51. The lowest BCUT2D eigenvalue weighted by molar-refractivity contribution is 0.0997. The first kappa shape index (κ1) is 22.1. The predicted octanol–water partition coefficient (Wildman–Crippen LogP) is 4.67. The summed E-state index contributed by atoms with van der Waals surface area (Å²) in [6.45, 7) is 6.45. The number of hydrogen-bond donors (Lipinski definition) is 0. The van der Waals surface area contributed by atoms with Crippen LogP contribution in [0.25, 0.3) is 10.2 Å². The average molecular weight is 429 g/mol. The predicted molar refractivity (Wildman–Crippen MR) is 120 cm³/mol. The van der Waals surface area contributed by atoms with Gasteiger partial charge in [0, 0.05) is 19.2 Å². The number of unbranched alkanes of at least 4 members (excludes halogenated alkanes) is 1. The van der Waals surface area contributed by atoms with Crippen molar-refractivity contribution in [2.45, 2.75) is 33.2 Å². The second-order valence-electron chi connectivity index (χ2n) is 6.74. The van der Waals surface area contributed by atoms with Crippen LogP contribution in [0, 0.1) is 0 Å². The molecule has 0 atom stereocenters. The summed E-state index contributed by atoms with van der Waals surface area (Å²) < 4.78 is 19.6. The molecule has 7 heteroatoms. The van der Waals surface area contributed by atoms with Crippen LogP contribution in [0.4, 0.5) is 0 Å². The maximum atomic E-state index is 12.9. The number of nitrogens with zero attached hydrogens (tertiary/aromatic N) is 2. The number of aromatic nitrogens is 1. The number of rotatable bonds is 10. The van der Waals surface area contributed by atoms with Crippen LogP contribution < -0.4 is 14.3 Å². The molecule has 1 heterocycles. The van der Waals surface area contributed by atoms with Crippen molar-refractivity contribution < 1.29 is 19.0 Å². The van der Waals surface area contributed by atoms with Crippen molar-refractivity contribution in [2.24, 2.45) is 4.99 Å². The Hall–Kier alpha value is -2.64. The van der Waals surface area contributed by atoms with E-state index < -0.39 is 0 Å². The Labute approximate surface area is 180 Å². The van der Waals surface area contributed by atoms with Crippen molar-refractivity contribution in [1.82, 2.24) is 4.57 Å². The Morgan fingerprint density at radius 1 is 1.07 bits per heavy atom. The Kier molecular flexibility index (Phi) is 8.04. The molecule has 0 aliphatic heterocycles. The molecule has 0 radical (unpaired) electrons. The largest absolute Gasteiger partial charge is 0.494 e. The van der Waals surface area contributed by atoms with Crippen LogP contribution in [0.1, 0.15) is 37.0 Å². The van der Waals surface area contributed by atoms with Gasteiger partial charge in [0.15, 0.2) is 4.80 Å². The highest BCUT2D eigenvalue weighted by molar-refractivity contribution is 7.16. The van der Waals surface area contributed by atoms with Gasteiger partial charge >= 0.3 is 0 Å². The molecule has 2 aromatic carbocycles. The molecule has 0 aliphatic rings. The zero-order valence-electron chi connectivity index (χ0n) is 17.7. The van der Waals surface area contributed by atoms with Crippen molar-refractivity contribution in [1.29, 1.82) is 0 Å². The summed E-state index contributed by atoms with van der Waals surface area (Å²) in [6.07, 6.45) is 2.04. The molecule has 0 unspecified atom stereocenters. The molecular weight excluding hydrogens is 400 g/mol. The highest BCUT2D eigenvalue weighted by Gasteiger charge is 2.11. The smallest absolute Gasteiger partial charge is 0.279 e. The standard InChI is InChI=1S/C23H28N2O4S/c1-4-6-13-29-18-9-7-8-17(15-18)22(26)24-23-25(12-14-27-3)20-11-10-19(28-5-2)16-21(20)30-23/h7-11,15-16H,4-6,12-14H2,1-3H3. The van der Waals surface area contributed by atoms with E-state index in [0.29, 0.717) is 42.5 Å². The maximum absolute atomic E-state index is 12.9. The SMILES string of the molecule is CCCCOc1cccc(C(=O)N=c2sc3cc(OCC)ccc3n2CCOC)c1. The minimum Gasteiger partial charge on any atom is -0.494 e. The molecule has 1 amide bonds. The molecule has 0 fully saturated rings. The number of carbonyl (C=O) groups is 1. The third-order valence-corrected chi connectivity index (χ3v) is 5.57. The highest BCUT2D eigenvalue weighted by atomic mass is 32.1. The molecule has 30 heavy (non-hydrogen) atoms. The Bertz CT molecular complexity index is 1050. The van der Waals surface area contributed by atoms with Crippen molar-refractivity contribution in [3.63, 3.8) is 0 Å². The lowest BCUT2D eigenvalue weighted by Gasteiger charge is -2.06. The second-order valence-corrected chi connectivity index (χ2v) is 7.75. The van der Waals surface area contributed by atoms with E-state index in [1.54, 1.807) is 19.2 Å². The summed E-state index contributed by atoms with van der Waals surface area (Å²) in [5.74, 6) is 1.20. The summed E-state index contributed by atoms with van der Waals surface area (Å²) in [4.78, 5) is 17.9. The van der Waals surface area contributed by atoms with Crippen LogP contribution in [0.3, 0.4) is 0 Å². The lowest BCUT2D eigenvalue weighted by Crippen LogP contribution is -2.19. The second kappa shape index (κ2) is 10.9. The van der Waals surface area contributed by atoms with Crippen molar-refractivity contribution in [3.05, 3.63) is 52.8 Å². The molecule has 0 N–H and O–H groups in total. The molecule has 0 saturated carbocycles. The molecule has 0 bridgehead atoms. The van der Waals surface area contributed by atoms with Gasteiger partial charge in [-0.1, -0.05) is 30.7 Å². The monoisotopic (exact) mass is 428 g/mol. The number of ether oxygens (including phenoxy) is 3. The molecular formula is C23H28N2O4S. The average Bonchev–Trinajstić information content (AvgIpc) is 3.09. The third-order valence-electron chi connectivity index (χ3n) is 4.53. The zero-order chi connectivity index (χ0) is 21.3. The van der Waals surface area contributed by atoms with E-state index in [2.05, 4.69) is 11.9 Å². The minimum absolute atomic E-state index is 0.293. The minimum atomic E-state index is -0.293. The van der Waals surface area contributed by atoms with Crippen LogP contribution in [-0.4, -0.2) is 37.4 Å². The van der Waals surface area contributed by atoms with E-state index in [9.17, 15) is 4.79 Å². The van der Waals surface area contributed by atoms with Gasteiger partial charge in [0.05, 0.1) is 30.0 Å². The van der Waals surface area contributed by atoms with Gasteiger partial charge in [0.2, 0.25) is 0 Å². The van der Waals surface area contributed by atoms with Gasteiger partial charge < -0.3 is 18.8 Å². The summed E-state index contributed by atoms with van der Waals surface area (Å²) in [7, 11) is 1.66. The first-order valence-corrected chi connectivity index (χ1v) is 11.0. The zero-order valence-corrected chi connectivity index (χ0v) is 18.5. The van der Waals surface area contributed by atoms with Crippen LogP contribution in [0.15, 0.2) is 47.5 Å². The van der Waals surface area contributed by atoms with E-state index in [1.165, 1.54) is 11.3 Å². The van der Waals surface area contributed by atoms with Crippen molar-refractivity contribution in [2.75, 3.05) is 26.9 Å². The molecule has 1 aromatic heterocycles. The fraction of sp³-hybridized carbons (Fsp3) is 0.391. The Morgan fingerprint density at radius 2 is 1.90 bits per heavy atom. The van der Waals surface area contributed by atoms with Gasteiger partial charge in [-0.2, -0.15) is 4.99 Å². The molecule has 3 aromatic rings. The van der Waals surface area contributed by atoms with Gasteiger partial charge in [0.1, 0.15) is 11.5 Å². The van der Waals surface area contributed by atoms with Crippen LogP contribution in [-0.2, 0) is 11.3 Å². The van der Waals surface area contributed by atoms with Crippen LogP contribution >= 0.6 is 11.3 Å². The number of methoxy groups -OCH3 is 1. The molecule has 0 saturated heterocycles. The van der Waals surface area contributed by atoms with E-state index in [1.807, 2.05) is 41.8 Å². The van der Waals surface area contributed by atoms with Gasteiger partial charge in [-0.05, 0) is 49.7 Å². The lowest BCUT2D eigenvalue weighted by atomic mass is 10.2. The number of amides is 1. The van der Waals surface area contributed by atoms with Gasteiger partial charge in [-0.15, -0.1) is 0 Å². The van der Waals surface area contributed by atoms with E-state index >= 15 is 0 Å². The number of thiazole rings is 1. The number of fused-ring (bicyclic) bond motifs is 1. The van der Waals surface area contributed by atoms with E-state index in [0.717, 1.165) is 28.8 Å². The topological polar surface area (TPSA) is 62.0 Å². The van der Waals surface area contributed by atoms with Gasteiger partial charge in [0.25, 0.3) is 5.91 Å². The fourth-order valence-corrected chi connectivity index (χ4v) is 4.08. The maximum Gasteiger partial charge on any atom is 0.279 e. The molecule has 6 nitrogen and oxygen atoms in total. The van der Waals surface area contributed by atoms with Gasteiger partial charge in [-0.3, -0.25) is 4.79 Å². The normalized spacial score (nSPS) is 11.8. The quantitative estimate of drug-likeness (QED) is 0.440. The Balaban J connectivity index is 1.95. The molecule has 3 rings (SSSR count). The Morgan fingerprint density at radius 3 is 2.67 bits per heavy atom. The van der Waals surface area contributed by atoms with Crippen molar-refractivity contribution >= 4 is 27.5 Å². The summed E-state index contributed by atoms with van der Waals surface area (Å²) in [5, 5.41) is 0. The fourth-order valence-electron chi connectivity index (χ4n) is 3.00. The van der Waals surface area contributed by atoms with Crippen LogP contribution in [0.5, 0.6) is 11.5 Å². The first-order valence-electron chi connectivity index (χ1n) is 10.2. The molecule has 160 valence electrons. The van der Waals surface area contributed by atoms with E-state index in [4.69, 9.17) is 14.2 Å². The molecule has 0 spiro atoms. The summed E-state index contributed by atoms with van der Waals surface area (Å²) in [6, 6.07) is 13.1. The third kappa shape index (κ3) is 5.49. The summed E-state index contributed by atoms with van der Waals surface area (Å²) >= 11 is 1.47. The molecule has 0 aliphatic carbocycles. The number of hydrogen-bond acceptors (Lipinski definition) is 5. The first-order chi connectivity index (χ1) is 14.7. The number of carbonyl (C=O) groups excluding carboxylic acids is 1. The van der Waals surface area contributed by atoms with Crippen LogP contribution in [0.2, 0.25) is 0 Å². The highest BCUT2D eigenvalue weighted by Crippen LogP contribution is 2.24.